The van der Waals surface area contributed by atoms with Gasteiger partial charge in [0.2, 0.25) is 0 Å². The summed E-state index contributed by atoms with van der Waals surface area (Å²) in [4.78, 5) is 2.55. The maximum Gasteiger partial charge on any atom is 0.277 e. The molecule has 6 nitrogen and oxygen atoms in total. The summed E-state index contributed by atoms with van der Waals surface area (Å²) >= 11 is 0. The number of sulfonamides is 1. The molecule has 0 fully saturated rings. The zero-order chi connectivity index (χ0) is 20.9. The van der Waals surface area contributed by atoms with Gasteiger partial charge in [0, 0.05) is 0 Å². The first-order chi connectivity index (χ1) is 13.1. The van der Waals surface area contributed by atoms with E-state index in [1.165, 1.54) is 6.21 Å². The summed E-state index contributed by atoms with van der Waals surface area (Å²) in [5.74, 6) is 1.23. The van der Waals surface area contributed by atoms with E-state index < -0.39 is 10.0 Å². The molecular formula is C21H28N2O4S. The van der Waals surface area contributed by atoms with Crippen molar-refractivity contribution in [1.82, 2.24) is 4.83 Å². The van der Waals surface area contributed by atoms with Crippen molar-refractivity contribution in [2.24, 2.45) is 5.10 Å². The fraction of sp³-hybridized carbons (Fsp3) is 0.381. The standard InChI is InChI=1S/C21H28N2O4S/c1-7-26-20-12-18(8-9-19(20)27-14(2)3)13-22-23-28(24,25)21-16(5)10-15(4)11-17(21)6/h8-14,23H,7H2,1-6H3/b22-13+. The van der Waals surface area contributed by atoms with E-state index in [4.69, 9.17) is 9.47 Å². The lowest BCUT2D eigenvalue weighted by Gasteiger charge is -2.14. The normalized spacial score (nSPS) is 11.8. The fourth-order valence-corrected chi connectivity index (χ4v) is 4.28. The maximum atomic E-state index is 12.7. The predicted molar refractivity (Wildman–Crippen MR) is 112 cm³/mol. The Morgan fingerprint density at radius 3 is 2.29 bits per heavy atom. The lowest BCUT2D eigenvalue weighted by Crippen LogP contribution is -2.20. The number of aryl methyl sites for hydroxylation is 3. The van der Waals surface area contributed by atoms with Gasteiger partial charge in [-0.3, -0.25) is 0 Å². The second kappa shape index (κ2) is 9.10. The van der Waals surface area contributed by atoms with Gasteiger partial charge in [-0.1, -0.05) is 17.7 Å². The number of nitrogens with one attached hydrogen (secondary N) is 1. The minimum atomic E-state index is -3.76. The number of rotatable bonds is 8. The van der Waals surface area contributed by atoms with Crippen molar-refractivity contribution in [1.29, 1.82) is 0 Å². The molecule has 0 saturated carbocycles. The summed E-state index contributed by atoms with van der Waals surface area (Å²) in [6.07, 6.45) is 1.46. The van der Waals surface area contributed by atoms with Gasteiger partial charge in [0.15, 0.2) is 11.5 Å². The average Bonchev–Trinajstić information content (AvgIpc) is 2.55. The van der Waals surface area contributed by atoms with Crippen LogP contribution in [0.1, 0.15) is 43.0 Å². The largest absolute Gasteiger partial charge is 0.490 e. The summed E-state index contributed by atoms with van der Waals surface area (Å²) < 4.78 is 36.6. The Labute approximate surface area is 167 Å². The third-order valence-corrected chi connectivity index (χ3v) is 5.42. The molecule has 2 aromatic rings. The minimum Gasteiger partial charge on any atom is -0.490 e. The summed E-state index contributed by atoms with van der Waals surface area (Å²) in [5, 5.41) is 3.93. The van der Waals surface area contributed by atoms with Crippen molar-refractivity contribution in [3.63, 3.8) is 0 Å². The Kier molecular flexibility index (Phi) is 7.07. The molecule has 0 amide bonds. The summed E-state index contributed by atoms with van der Waals surface area (Å²) in [6, 6.07) is 9.02. The highest BCUT2D eigenvalue weighted by molar-refractivity contribution is 7.89. The van der Waals surface area contributed by atoms with Crippen LogP contribution in [0.4, 0.5) is 0 Å². The monoisotopic (exact) mass is 404 g/mol. The first-order valence-electron chi connectivity index (χ1n) is 9.20. The van der Waals surface area contributed by atoms with E-state index >= 15 is 0 Å². The molecule has 7 heteroatoms. The predicted octanol–water partition coefficient (Wildman–Crippen LogP) is 4.11. The van der Waals surface area contributed by atoms with Crippen LogP contribution in [0.15, 0.2) is 40.3 Å². The van der Waals surface area contributed by atoms with Gasteiger partial charge in [-0.05, 0) is 76.4 Å². The molecule has 0 saturated heterocycles. The van der Waals surface area contributed by atoms with Gasteiger partial charge in [-0.2, -0.15) is 13.5 Å². The molecule has 0 spiro atoms. The highest BCUT2D eigenvalue weighted by atomic mass is 32.2. The van der Waals surface area contributed by atoms with Crippen molar-refractivity contribution in [3.8, 4) is 11.5 Å². The van der Waals surface area contributed by atoms with Gasteiger partial charge in [0.1, 0.15) is 0 Å². The third kappa shape index (κ3) is 5.48. The van der Waals surface area contributed by atoms with Crippen molar-refractivity contribution >= 4 is 16.2 Å². The zero-order valence-electron chi connectivity index (χ0n) is 17.2. The Bertz CT molecular complexity index is 943. The van der Waals surface area contributed by atoms with E-state index in [-0.39, 0.29) is 11.0 Å². The Morgan fingerprint density at radius 1 is 1.07 bits per heavy atom. The van der Waals surface area contributed by atoms with Gasteiger partial charge >= 0.3 is 0 Å². The molecule has 2 rings (SSSR count). The van der Waals surface area contributed by atoms with E-state index in [0.29, 0.717) is 34.8 Å². The van der Waals surface area contributed by atoms with Gasteiger partial charge in [-0.25, -0.2) is 4.83 Å². The molecule has 0 aliphatic carbocycles. The second-order valence-corrected chi connectivity index (χ2v) is 8.48. The topological polar surface area (TPSA) is 77.0 Å². The number of benzene rings is 2. The molecule has 0 aliphatic rings. The lowest BCUT2D eigenvalue weighted by molar-refractivity contribution is 0.224. The number of hydrazone groups is 1. The zero-order valence-corrected chi connectivity index (χ0v) is 18.1. The maximum absolute atomic E-state index is 12.7. The van der Waals surface area contributed by atoms with Crippen molar-refractivity contribution in [3.05, 3.63) is 52.6 Å². The smallest absolute Gasteiger partial charge is 0.277 e. The Balaban J connectivity index is 2.23. The molecule has 152 valence electrons. The first-order valence-corrected chi connectivity index (χ1v) is 10.7. The SMILES string of the molecule is CCOc1cc(/C=N/NS(=O)(=O)c2c(C)cc(C)cc2C)ccc1OC(C)C. The summed E-state index contributed by atoms with van der Waals surface area (Å²) in [5.41, 5.74) is 3.09. The first kappa shape index (κ1) is 21.8. The molecule has 0 aliphatic heterocycles. The average molecular weight is 405 g/mol. The van der Waals surface area contributed by atoms with Crippen molar-refractivity contribution in [2.45, 2.75) is 52.5 Å². The summed E-state index contributed by atoms with van der Waals surface area (Å²) in [6.45, 7) is 11.8. The molecule has 0 radical (unpaired) electrons. The van der Waals surface area contributed by atoms with E-state index in [1.807, 2.05) is 39.8 Å². The minimum absolute atomic E-state index is 0.0199. The molecule has 0 heterocycles. The van der Waals surface area contributed by atoms with Crippen molar-refractivity contribution in [2.75, 3.05) is 6.61 Å². The van der Waals surface area contributed by atoms with Crippen LogP contribution >= 0.6 is 0 Å². The molecule has 0 unspecified atom stereocenters. The van der Waals surface area contributed by atoms with Gasteiger partial charge < -0.3 is 9.47 Å². The van der Waals surface area contributed by atoms with E-state index in [2.05, 4.69) is 9.93 Å². The van der Waals surface area contributed by atoms with Gasteiger partial charge in [-0.15, -0.1) is 0 Å². The van der Waals surface area contributed by atoms with Crippen LogP contribution < -0.4 is 14.3 Å². The Hall–Kier alpha value is -2.54. The van der Waals surface area contributed by atoms with E-state index in [0.717, 1.165) is 5.56 Å². The van der Waals surface area contributed by atoms with Gasteiger partial charge in [0.25, 0.3) is 10.0 Å². The lowest BCUT2D eigenvalue weighted by atomic mass is 10.1. The van der Waals surface area contributed by atoms with E-state index in [9.17, 15) is 8.42 Å². The molecule has 28 heavy (non-hydrogen) atoms. The number of nitrogens with zero attached hydrogens (tertiary/aromatic N) is 1. The molecular weight excluding hydrogens is 376 g/mol. The van der Waals surface area contributed by atoms with Crippen LogP contribution in [0.3, 0.4) is 0 Å². The number of hydrogen-bond donors (Lipinski definition) is 1. The summed E-state index contributed by atoms with van der Waals surface area (Å²) in [7, 11) is -3.76. The van der Waals surface area contributed by atoms with Gasteiger partial charge in [0.05, 0.1) is 23.8 Å². The van der Waals surface area contributed by atoms with Crippen LogP contribution in [0.2, 0.25) is 0 Å². The molecule has 1 N–H and O–H groups in total. The Morgan fingerprint density at radius 2 is 1.71 bits per heavy atom. The van der Waals surface area contributed by atoms with Crippen LogP contribution in [0.5, 0.6) is 11.5 Å². The number of ether oxygens (including phenoxy) is 2. The van der Waals surface area contributed by atoms with Crippen molar-refractivity contribution < 1.29 is 17.9 Å². The molecule has 0 bridgehead atoms. The molecule has 0 atom stereocenters. The van der Waals surface area contributed by atoms with E-state index in [1.54, 1.807) is 32.0 Å². The molecule has 0 aromatic heterocycles. The fourth-order valence-electron chi connectivity index (χ4n) is 3.03. The van der Waals surface area contributed by atoms with Crippen LogP contribution in [0, 0.1) is 20.8 Å². The van der Waals surface area contributed by atoms with Crippen LogP contribution in [-0.2, 0) is 10.0 Å². The van der Waals surface area contributed by atoms with Crippen LogP contribution in [-0.4, -0.2) is 27.3 Å². The van der Waals surface area contributed by atoms with Crippen LogP contribution in [0.25, 0.3) is 0 Å². The quantitative estimate of drug-likeness (QED) is 0.531. The highest BCUT2D eigenvalue weighted by Gasteiger charge is 2.19. The number of hydrogen-bond acceptors (Lipinski definition) is 5. The third-order valence-electron chi connectivity index (χ3n) is 3.89. The highest BCUT2D eigenvalue weighted by Crippen LogP contribution is 2.29. The second-order valence-electron chi connectivity index (χ2n) is 6.89. The molecule has 2 aromatic carbocycles.